The molecule has 0 saturated heterocycles. The molecule has 0 bridgehead atoms. The highest BCUT2D eigenvalue weighted by Crippen LogP contribution is 2.43. The average molecular weight is 617 g/mol. The highest BCUT2D eigenvalue weighted by Gasteiger charge is 2.22. The Balaban J connectivity index is 1.33. The van der Waals surface area contributed by atoms with E-state index in [1.54, 1.807) is 7.11 Å². The molecule has 0 aliphatic carbocycles. The summed E-state index contributed by atoms with van der Waals surface area (Å²) in [4.78, 5) is 5.48. The number of hydrogen-bond donors (Lipinski definition) is 0. The fraction of sp³-hybridized carbons (Fsp3) is 0.0444. The molecule has 3 heteroatoms. The largest absolute Gasteiger partial charge is 0.496 e. The van der Waals surface area contributed by atoms with Crippen LogP contribution >= 0.6 is 0 Å². The zero-order chi connectivity index (χ0) is 32.2. The van der Waals surface area contributed by atoms with Gasteiger partial charge in [-0.25, -0.2) is 4.98 Å². The van der Waals surface area contributed by atoms with Crippen LogP contribution in [0.2, 0.25) is 0 Å². The van der Waals surface area contributed by atoms with Gasteiger partial charge in [0.25, 0.3) is 0 Å². The molecule has 0 unspecified atom stereocenters. The van der Waals surface area contributed by atoms with E-state index in [9.17, 15) is 0 Å². The van der Waals surface area contributed by atoms with Crippen LogP contribution in [0.25, 0.3) is 88.1 Å². The van der Waals surface area contributed by atoms with Gasteiger partial charge in [-0.2, -0.15) is 0 Å². The fourth-order valence-corrected chi connectivity index (χ4v) is 7.30. The van der Waals surface area contributed by atoms with E-state index in [0.717, 1.165) is 44.3 Å². The Kier molecular flexibility index (Phi) is 6.58. The van der Waals surface area contributed by atoms with Gasteiger partial charge in [0.2, 0.25) is 0 Å². The second kappa shape index (κ2) is 11.3. The molecular formula is C45H32N2O. The van der Waals surface area contributed by atoms with Crippen LogP contribution in [0, 0.1) is 0 Å². The van der Waals surface area contributed by atoms with Crippen LogP contribution in [0.15, 0.2) is 158 Å². The highest BCUT2D eigenvalue weighted by atomic mass is 16.5. The summed E-state index contributed by atoms with van der Waals surface area (Å²) >= 11 is 0. The number of nitrogens with zero attached hydrogens (tertiary/aromatic N) is 2. The first-order valence-electron chi connectivity index (χ1n) is 16.3. The van der Waals surface area contributed by atoms with E-state index in [0.29, 0.717) is 0 Å². The Morgan fingerprint density at radius 3 is 1.65 bits per heavy atom. The Morgan fingerprint density at radius 1 is 0.458 bits per heavy atom. The summed E-state index contributed by atoms with van der Waals surface area (Å²) in [7, 11) is 3.88. The van der Waals surface area contributed by atoms with E-state index < -0.39 is 0 Å². The number of aryl methyl sites for hydroxylation is 1. The van der Waals surface area contributed by atoms with E-state index in [1.165, 1.54) is 49.5 Å². The minimum atomic E-state index is 0.810. The molecular weight excluding hydrogens is 585 g/mol. The van der Waals surface area contributed by atoms with Gasteiger partial charge in [0.15, 0.2) is 0 Å². The maximum Gasteiger partial charge on any atom is 0.145 e. The molecule has 228 valence electrons. The lowest BCUT2D eigenvalue weighted by atomic mass is 9.93. The maximum absolute atomic E-state index is 5.98. The normalized spacial score (nSPS) is 11.5. The third kappa shape index (κ3) is 4.47. The van der Waals surface area contributed by atoms with Gasteiger partial charge < -0.3 is 9.30 Å². The van der Waals surface area contributed by atoms with Gasteiger partial charge in [-0.15, -0.1) is 0 Å². The number of imidazole rings is 1. The second-order valence-corrected chi connectivity index (χ2v) is 12.4. The van der Waals surface area contributed by atoms with Crippen molar-refractivity contribution >= 4 is 43.4 Å². The monoisotopic (exact) mass is 616 g/mol. The Bertz CT molecular complexity index is 2640. The average Bonchev–Trinajstić information content (AvgIpc) is 3.51. The molecule has 0 amide bonds. The molecule has 0 N–H and O–H groups in total. The number of methoxy groups -OCH3 is 1. The third-order valence-corrected chi connectivity index (χ3v) is 9.70. The van der Waals surface area contributed by atoms with Gasteiger partial charge in [0.05, 0.1) is 23.7 Å². The van der Waals surface area contributed by atoms with Crippen molar-refractivity contribution in [1.82, 2.24) is 9.55 Å². The first-order valence-corrected chi connectivity index (χ1v) is 16.3. The summed E-state index contributed by atoms with van der Waals surface area (Å²) in [5.74, 6) is 1.69. The minimum Gasteiger partial charge on any atom is -0.496 e. The molecule has 0 spiro atoms. The first-order chi connectivity index (χ1) is 23.7. The van der Waals surface area contributed by atoms with Gasteiger partial charge in [0.1, 0.15) is 11.6 Å². The Labute approximate surface area is 279 Å². The third-order valence-electron chi connectivity index (χ3n) is 9.70. The zero-order valence-electron chi connectivity index (χ0n) is 26.8. The van der Waals surface area contributed by atoms with E-state index in [4.69, 9.17) is 9.72 Å². The predicted octanol–water partition coefficient (Wildman–Crippen LogP) is 11.7. The summed E-state index contributed by atoms with van der Waals surface area (Å²) in [6.45, 7) is 0. The number of hydrogen-bond acceptors (Lipinski definition) is 2. The maximum atomic E-state index is 5.98. The van der Waals surface area contributed by atoms with Crippen LogP contribution in [-0.4, -0.2) is 16.7 Å². The van der Waals surface area contributed by atoms with Gasteiger partial charge in [-0.1, -0.05) is 140 Å². The van der Waals surface area contributed by atoms with Gasteiger partial charge in [-0.05, 0) is 73.1 Å². The van der Waals surface area contributed by atoms with Crippen LogP contribution in [0.4, 0.5) is 0 Å². The van der Waals surface area contributed by atoms with Crippen molar-refractivity contribution in [2.75, 3.05) is 7.11 Å². The summed E-state index contributed by atoms with van der Waals surface area (Å²) in [6.07, 6.45) is 0. The van der Waals surface area contributed by atoms with Gasteiger partial charge in [-0.3, -0.25) is 0 Å². The van der Waals surface area contributed by atoms with Crippen molar-refractivity contribution in [3.05, 3.63) is 158 Å². The van der Waals surface area contributed by atoms with Crippen molar-refractivity contribution in [3.63, 3.8) is 0 Å². The van der Waals surface area contributed by atoms with Crippen LogP contribution in [0.1, 0.15) is 0 Å². The Hall–Kier alpha value is -6.19. The minimum absolute atomic E-state index is 0.810. The molecule has 0 radical (unpaired) electrons. The molecule has 9 rings (SSSR count). The number of rotatable bonds is 5. The molecule has 1 heterocycles. The number of fused-ring (bicyclic) bond motifs is 7. The lowest BCUT2D eigenvalue weighted by Crippen LogP contribution is -1.97. The zero-order valence-corrected chi connectivity index (χ0v) is 26.8. The first kappa shape index (κ1) is 28.1. The lowest BCUT2D eigenvalue weighted by molar-refractivity contribution is 0.416. The molecule has 0 saturated carbocycles. The Morgan fingerprint density at radius 2 is 0.979 bits per heavy atom. The summed E-state index contributed by atoms with van der Waals surface area (Å²) in [5, 5.41) is 6.99. The van der Waals surface area contributed by atoms with Crippen molar-refractivity contribution < 1.29 is 4.74 Å². The standard InChI is InChI=1S/C45H32N2O/c1-47-44-40-28-35(32-19-17-31(18-20-32)29-11-5-3-6-12-29)22-25-38(40)37-24-21-34(30-13-7-4-8-14-30)27-39(37)43(44)46-45(47)42-36-16-10-9-15-33(36)23-26-41(42)48-2/h3-28H,1-2H3. The fourth-order valence-electron chi connectivity index (χ4n) is 7.30. The smallest absolute Gasteiger partial charge is 0.145 e. The quantitative estimate of drug-likeness (QED) is 0.180. The van der Waals surface area contributed by atoms with Crippen molar-refractivity contribution in [2.24, 2.45) is 7.05 Å². The number of ether oxygens (including phenoxy) is 1. The molecule has 9 aromatic rings. The van der Waals surface area contributed by atoms with Gasteiger partial charge >= 0.3 is 0 Å². The van der Waals surface area contributed by atoms with E-state index in [1.807, 2.05) is 0 Å². The van der Waals surface area contributed by atoms with Crippen molar-refractivity contribution in [3.8, 4) is 50.5 Å². The molecule has 0 atom stereocenters. The SMILES string of the molecule is COc1ccc2ccccc2c1-c1nc2c3cc(-c4ccccc4)ccc3c3ccc(-c4ccc(-c5ccccc5)cc4)cc3c2n1C. The molecule has 8 aromatic carbocycles. The predicted molar refractivity (Wildman–Crippen MR) is 202 cm³/mol. The van der Waals surface area contributed by atoms with E-state index >= 15 is 0 Å². The van der Waals surface area contributed by atoms with Crippen LogP contribution in [0.5, 0.6) is 5.75 Å². The van der Waals surface area contributed by atoms with Crippen LogP contribution in [0.3, 0.4) is 0 Å². The second-order valence-electron chi connectivity index (χ2n) is 12.4. The van der Waals surface area contributed by atoms with Gasteiger partial charge in [0, 0.05) is 17.8 Å². The van der Waals surface area contributed by atoms with Crippen LogP contribution < -0.4 is 4.74 Å². The van der Waals surface area contributed by atoms with E-state index in [2.05, 4.69) is 169 Å². The number of benzene rings is 8. The molecule has 0 fully saturated rings. The van der Waals surface area contributed by atoms with E-state index in [-0.39, 0.29) is 0 Å². The summed E-state index contributed by atoms with van der Waals surface area (Å²) in [5.41, 5.74) is 10.2. The molecule has 0 aliphatic rings. The lowest BCUT2D eigenvalue weighted by Gasteiger charge is -2.13. The van der Waals surface area contributed by atoms with Crippen molar-refractivity contribution in [1.29, 1.82) is 0 Å². The summed E-state index contributed by atoms with van der Waals surface area (Å²) < 4.78 is 8.24. The molecule has 1 aromatic heterocycles. The topological polar surface area (TPSA) is 27.1 Å². The molecule has 0 aliphatic heterocycles. The molecule has 3 nitrogen and oxygen atoms in total. The molecule has 48 heavy (non-hydrogen) atoms. The van der Waals surface area contributed by atoms with Crippen LogP contribution in [-0.2, 0) is 7.05 Å². The summed E-state index contributed by atoms with van der Waals surface area (Å²) in [6, 6.07) is 56.3. The highest BCUT2D eigenvalue weighted by molar-refractivity contribution is 6.25. The van der Waals surface area contributed by atoms with Crippen molar-refractivity contribution in [2.45, 2.75) is 0 Å². The number of aromatic nitrogens is 2.